The van der Waals surface area contributed by atoms with E-state index in [1.54, 1.807) is 18.2 Å². The van der Waals surface area contributed by atoms with E-state index in [4.69, 9.17) is 14.4 Å². The molecule has 94 valence electrons. The maximum Gasteiger partial charge on any atom is 0.358 e. The molecule has 6 heteroatoms. The first-order chi connectivity index (χ1) is 8.66. The van der Waals surface area contributed by atoms with Gasteiger partial charge < -0.3 is 14.4 Å². The molecule has 2 aromatic rings. The van der Waals surface area contributed by atoms with Crippen LogP contribution in [0.3, 0.4) is 0 Å². The van der Waals surface area contributed by atoms with Crippen molar-refractivity contribution in [2.45, 2.75) is 13.2 Å². The number of aromatic nitrogens is 1. The Labute approximate surface area is 102 Å². The summed E-state index contributed by atoms with van der Waals surface area (Å²) in [4.78, 5) is 10.5. The molecule has 0 aliphatic rings. The largest absolute Gasteiger partial charge is 0.476 e. The minimum absolute atomic E-state index is 0.0363. The summed E-state index contributed by atoms with van der Waals surface area (Å²) in [7, 11) is 0. The molecule has 0 atom stereocenters. The predicted octanol–water partition coefficient (Wildman–Crippen LogP) is 2.23. The van der Waals surface area contributed by atoms with Gasteiger partial charge in [0.1, 0.15) is 12.4 Å². The molecule has 1 heterocycles. The third-order valence-electron chi connectivity index (χ3n) is 2.24. The van der Waals surface area contributed by atoms with E-state index >= 15 is 0 Å². The number of rotatable bonds is 5. The van der Waals surface area contributed by atoms with Crippen molar-refractivity contribution in [2.75, 3.05) is 0 Å². The molecule has 0 fully saturated rings. The number of ether oxygens (including phenoxy) is 1. The number of carboxylic acid groups (broad SMARTS) is 1. The Bertz CT molecular complexity index is 553. The molecule has 1 aromatic heterocycles. The van der Waals surface area contributed by atoms with Crippen LogP contribution in [0.25, 0.3) is 0 Å². The average molecular weight is 251 g/mol. The van der Waals surface area contributed by atoms with Crippen LogP contribution in [0.15, 0.2) is 34.9 Å². The molecule has 0 radical (unpaired) electrons. The second-order valence-corrected chi connectivity index (χ2v) is 3.57. The van der Waals surface area contributed by atoms with Crippen LogP contribution in [0.5, 0.6) is 0 Å². The fourth-order valence-corrected chi connectivity index (χ4v) is 1.36. The van der Waals surface area contributed by atoms with Crippen LogP contribution in [0.4, 0.5) is 4.39 Å². The van der Waals surface area contributed by atoms with Gasteiger partial charge in [0.25, 0.3) is 0 Å². The number of benzene rings is 1. The summed E-state index contributed by atoms with van der Waals surface area (Å²) in [5, 5.41) is 12.0. The maximum absolute atomic E-state index is 13.2. The van der Waals surface area contributed by atoms with Crippen molar-refractivity contribution in [2.24, 2.45) is 0 Å². The smallest absolute Gasteiger partial charge is 0.358 e. The zero-order chi connectivity index (χ0) is 13.0. The molecular weight excluding hydrogens is 241 g/mol. The van der Waals surface area contributed by atoms with E-state index in [0.29, 0.717) is 5.56 Å². The molecule has 0 unspecified atom stereocenters. The zero-order valence-electron chi connectivity index (χ0n) is 9.30. The molecular formula is C12H10FNO4. The molecule has 0 aliphatic carbocycles. The second kappa shape index (κ2) is 5.42. The first kappa shape index (κ1) is 12.3. The molecule has 0 saturated carbocycles. The summed E-state index contributed by atoms with van der Waals surface area (Å²) in [5.41, 5.74) is 0.245. The van der Waals surface area contributed by atoms with Crippen molar-refractivity contribution in [3.63, 3.8) is 0 Å². The van der Waals surface area contributed by atoms with Gasteiger partial charge in [-0.1, -0.05) is 23.4 Å². The lowest BCUT2D eigenvalue weighted by Crippen LogP contribution is -1.96. The molecule has 2 rings (SSSR count). The van der Waals surface area contributed by atoms with Crippen LogP contribution in [0.1, 0.15) is 21.8 Å². The number of carboxylic acids is 1. The summed E-state index contributed by atoms with van der Waals surface area (Å²) in [6.45, 7) is 0.115. The van der Waals surface area contributed by atoms with Crippen molar-refractivity contribution in [3.05, 3.63) is 53.2 Å². The topological polar surface area (TPSA) is 72.6 Å². The van der Waals surface area contributed by atoms with E-state index < -0.39 is 5.97 Å². The number of aromatic carboxylic acids is 1. The summed E-state index contributed by atoms with van der Waals surface area (Å²) in [6.07, 6.45) is 0. The van der Waals surface area contributed by atoms with Crippen molar-refractivity contribution < 1.29 is 23.6 Å². The zero-order valence-corrected chi connectivity index (χ0v) is 9.30. The molecule has 0 saturated heterocycles. The maximum atomic E-state index is 13.2. The fraction of sp³-hybridized carbons (Fsp3) is 0.167. The van der Waals surface area contributed by atoms with E-state index in [-0.39, 0.29) is 30.5 Å². The highest BCUT2D eigenvalue weighted by Gasteiger charge is 2.10. The Morgan fingerprint density at radius 2 is 2.17 bits per heavy atom. The Kier molecular flexibility index (Phi) is 3.69. The lowest BCUT2D eigenvalue weighted by Gasteiger charge is -2.02. The van der Waals surface area contributed by atoms with Gasteiger partial charge in [-0.3, -0.25) is 0 Å². The van der Waals surface area contributed by atoms with E-state index in [0.717, 1.165) is 0 Å². The van der Waals surface area contributed by atoms with Crippen molar-refractivity contribution in [3.8, 4) is 0 Å². The number of halogens is 1. The highest BCUT2D eigenvalue weighted by molar-refractivity contribution is 5.85. The van der Waals surface area contributed by atoms with Gasteiger partial charge in [0.2, 0.25) is 0 Å². The monoisotopic (exact) mass is 251 g/mol. The Hall–Kier alpha value is -2.21. The Morgan fingerprint density at radius 3 is 2.83 bits per heavy atom. The van der Waals surface area contributed by atoms with Gasteiger partial charge in [0.05, 0.1) is 6.61 Å². The van der Waals surface area contributed by atoms with E-state index in [9.17, 15) is 9.18 Å². The van der Waals surface area contributed by atoms with Crippen LogP contribution in [-0.4, -0.2) is 16.2 Å². The number of hydrogen-bond donors (Lipinski definition) is 1. The average Bonchev–Trinajstić information content (AvgIpc) is 2.80. The van der Waals surface area contributed by atoms with Gasteiger partial charge in [0, 0.05) is 11.6 Å². The molecule has 18 heavy (non-hydrogen) atoms. The molecule has 0 aliphatic heterocycles. The number of hydrogen-bond acceptors (Lipinski definition) is 4. The van der Waals surface area contributed by atoms with Crippen LogP contribution in [0, 0.1) is 5.82 Å². The minimum atomic E-state index is -1.17. The SMILES string of the molecule is O=C(O)c1cc(COCc2ccccc2F)on1. The van der Waals surface area contributed by atoms with Crippen molar-refractivity contribution in [1.29, 1.82) is 0 Å². The van der Waals surface area contributed by atoms with Gasteiger partial charge >= 0.3 is 5.97 Å². The van der Waals surface area contributed by atoms with E-state index in [2.05, 4.69) is 5.16 Å². The number of carbonyl (C=O) groups is 1. The van der Waals surface area contributed by atoms with Crippen molar-refractivity contribution >= 4 is 5.97 Å². The van der Waals surface area contributed by atoms with E-state index in [1.807, 2.05) is 0 Å². The first-order valence-electron chi connectivity index (χ1n) is 5.17. The Balaban J connectivity index is 1.88. The third kappa shape index (κ3) is 2.92. The van der Waals surface area contributed by atoms with Gasteiger partial charge in [-0.05, 0) is 6.07 Å². The molecule has 1 aromatic carbocycles. The molecule has 0 bridgehead atoms. The quantitative estimate of drug-likeness (QED) is 0.882. The predicted molar refractivity (Wildman–Crippen MR) is 58.4 cm³/mol. The third-order valence-corrected chi connectivity index (χ3v) is 2.24. The van der Waals surface area contributed by atoms with Crippen LogP contribution >= 0.6 is 0 Å². The second-order valence-electron chi connectivity index (χ2n) is 3.57. The van der Waals surface area contributed by atoms with Crippen molar-refractivity contribution in [1.82, 2.24) is 5.16 Å². The normalized spacial score (nSPS) is 10.5. The molecule has 1 N–H and O–H groups in total. The minimum Gasteiger partial charge on any atom is -0.476 e. The van der Waals surface area contributed by atoms with Crippen LogP contribution < -0.4 is 0 Å². The molecule has 0 amide bonds. The summed E-state index contributed by atoms with van der Waals surface area (Å²) < 4.78 is 23.2. The van der Waals surface area contributed by atoms with Gasteiger partial charge in [-0.25, -0.2) is 9.18 Å². The summed E-state index contributed by atoms with van der Waals surface area (Å²) >= 11 is 0. The highest BCUT2D eigenvalue weighted by atomic mass is 19.1. The summed E-state index contributed by atoms with van der Waals surface area (Å²) in [5.74, 6) is -1.23. The van der Waals surface area contributed by atoms with Crippen LogP contribution in [-0.2, 0) is 18.0 Å². The van der Waals surface area contributed by atoms with E-state index in [1.165, 1.54) is 12.1 Å². The highest BCUT2D eigenvalue weighted by Crippen LogP contribution is 2.10. The standard InChI is InChI=1S/C12H10FNO4/c13-10-4-2-1-3-8(10)6-17-7-9-5-11(12(15)16)14-18-9/h1-5H,6-7H2,(H,15,16). The fourth-order valence-electron chi connectivity index (χ4n) is 1.36. The lowest BCUT2D eigenvalue weighted by molar-refractivity contribution is 0.0683. The van der Waals surface area contributed by atoms with Crippen LogP contribution in [0.2, 0.25) is 0 Å². The first-order valence-corrected chi connectivity index (χ1v) is 5.17. The van der Waals surface area contributed by atoms with Gasteiger partial charge in [0.15, 0.2) is 11.5 Å². The molecule has 5 nitrogen and oxygen atoms in total. The summed E-state index contributed by atoms with van der Waals surface area (Å²) in [6, 6.07) is 7.52. The molecule has 0 spiro atoms. The number of nitrogens with zero attached hydrogens (tertiary/aromatic N) is 1. The Morgan fingerprint density at radius 1 is 1.39 bits per heavy atom. The van der Waals surface area contributed by atoms with Gasteiger partial charge in [-0.15, -0.1) is 0 Å². The van der Waals surface area contributed by atoms with Gasteiger partial charge in [-0.2, -0.15) is 0 Å². The lowest BCUT2D eigenvalue weighted by atomic mass is 10.2.